The maximum atomic E-state index is 13.4. The van der Waals surface area contributed by atoms with Gasteiger partial charge in [-0.2, -0.15) is 22.0 Å². The maximum absolute atomic E-state index is 13.4. The molecule has 2 N–H and O–H groups in total. The molecule has 28 heavy (non-hydrogen) atoms. The third-order valence-electron chi connectivity index (χ3n) is 3.90. The molecule has 152 valence electrons. The van der Waals surface area contributed by atoms with Gasteiger partial charge in [-0.1, -0.05) is 42.5 Å². The number of benzene rings is 2. The molecule has 1 amide bonds. The lowest BCUT2D eigenvalue weighted by Crippen LogP contribution is -2.51. The molecule has 0 saturated heterocycles. The molecule has 0 aliphatic carbocycles. The average Bonchev–Trinajstić information content (AvgIpc) is 2.65. The average molecular weight is 423 g/mol. The van der Waals surface area contributed by atoms with E-state index in [9.17, 15) is 40.3 Å². The van der Waals surface area contributed by atoms with Gasteiger partial charge < -0.3 is 10.4 Å². The highest BCUT2D eigenvalue weighted by molar-refractivity contribution is 7.91. The van der Waals surface area contributed by atoms with E-state index < -0.39 is 55.8 Å². The number of carbonyl (C=O) groups excluding carboxylic acids is 1. The van der Waals surface area contributed by atoms with Gasteiger partial charge in [0.05, 0.1) is 17.0 Å². The number of hydrogen-bond donors (Lipinski definition) is 2. The van der Waals surface area contributed by atoms with Gasteiger partial charge in [0.15, 0.2) is 0 Å². The minimum atomic E-state index is -5.18. The molecule has 2 aromatic carbocycles. The van der Waals surface area contributed by atoms with Gasteiger partial charge >= 0.3 is 11.9 Å². The lowest BCUT2D eigenvalue weighted by atomic mass is 9.93. The zero-order valence-corrected chi connectivity index (χ0v) is 14.8. The van der Waals surface area contributed by atoms with Crippen LogP contribution in [0.15, 0.2) is 59.5 Å². The highest BCUT2D eigenvalue weighted by Gasteiger charge is 2.55. The van der Waals surface area contributed by atoms with Gasteiger partial charge in [0.25, 0.3) is 5.91 Å². The van der Waals surface area contributed by atoms with E-state index in [1.807, 2.05) is 0 Å². The molecule has 0 bridgehead atoms. The van der Waals surface area contributed by atoms with E-state index in [2.05, 4.69) is 0 Å². The monoisotopic (exact) mass is 423 g/mol. The Morgan fingerprint density at radius 2 is 1.54 bits per heavy atom. The molecule has 2 aromatic rings. The molecule has 0 aliphatic heterocycles. The number of carbonyl (C=O) groups is 1. The number of nitrogens with one attached hydrogen (secondary N) is 1. The summed E-state index contributed by atoms with van der Waals surface area (Å²) in [5.41, 5.74) is -4.79. The molecule has 0 fully saturated rings. The minimum absolute atomic E-state index is 0.559. The van der Waals surface area contributed by atoms with Gasteiger partial charge in [-0.05, 0) is 17.7 Å². The quantitative estimate of drug-likeness (QED) is 0.700. The number of alkyl halides is 5. The van der Waals surface area contributed by atoms with Crippen molar-refractivity contribution in [3.8, 4) is 0 Å². The zero-order chi connectivity index (χ0) is 21.2. The summed E-state index contributed by atoms with van der Waals surface area (Å²) in [6.45, 7) is -1.36. The van der Waals surface area contributed by atoms with E-state index in [4.69, 9.17) is 0 Å². The van der Waals surface area contributed by atoms with Crippen molar-refractivity contribution in [3.05, 3.63) is 65.7 Å². The summed E-state index contributed by atoms with van der Waals surface area (Å²) in [5, 5.41) is 11.9. The number of halogens is 5. The summed E-state index contributed by atoms with van der Waals surface area (Å²) in [4.78, 5) is 11.2. The number of sulfone groups is 1. The summed E-state index contributed by atoms with van der Waals surface area (Å²) in [7, 11) is -5.17. The van der Waals surface area contributed by atoms with Crippen molar-refractivity contribution in [2.45, 2.75) is 22.4 Å². The first-order chi connectivity index (χ1) is 12.9. The fourth-order valence-corrected chi connectivity index (χ4v) is 3.31. The highest BCUT2D eigenvalue weighted by Crippen LogP contribution is 2.38. The van der Waals surface area contributed by atoms with Crippen molar-refractivity contribution in [1.82, 2.24) is 5.32 Å². The van der Waals surface area contributed by atoms with Gasteiger partial charge in [-0.15, -0.1) is 0 Å². The molecular weight excluding hydrogens is 409 g/mol. The van der Waals surface area contributed by atoms with Crippen LogP contribution in [0.4, 0.5) is 22.0 Å². The first-order valence-corrected chi connectivity index (χ1v) is 9.20. The second kappa shape index (κ2) is 7.84. The van der Waals surface area contributed by atoms with Crippen LogP contribution in [0.3, 0.4) is 0 Å². The smallest absolute Gasteiger partial charge is 0.375 e. The van der Waals surface area contributed by atoms with E-state index >= 15 is 0 Å². The first kappa shape index (κ1) is 21.8. The van der Waals surface area contributed by atoms with Crippen molar-refractivity contribution in [3.63, 3.8) is 0 Å². The Labute approximate surface area is 156 Å². The van der Waals surface area contributed by atoms with Gasteiger partial charge in [0, 0.05) is 0 Å². The summed E-state index contributed by atoms with van der Waals surface area (Å²) < 4.78 is 89.2. The van der Waals surface area contributed by atoms with Crippen LogP contribution in [0.5, 0.6) is 0 Å². The number of aliphatic hydroxyl groups is 1. The lowest BCUT2D eigenvalue weighted by Gasteiger charge is -2.31. The molecule has 0 aromatic heterocycles. The second-order valence-electron chi connectivity index (χ2n) is 5.71. The molecule has 0 aliphatic rings. The predicted octanol–water partition coefficient (Wildman–Crippen LogP) is 2.86. The predicted molar refractivity (Wildman–Crippen MR) is 88.4 cm³/mol. The van der Waals surface area contributed by atoms with Crippen LogP contribution in [0, 0.1) is 0 Å². The Balaban J connectivity index is 2.36. The van der Waals surface area contributed by atoms with E-state index in [0.717, 1.165) is 36.4 Å². The highest BCUT2D eigenvalue weighted by atomic mass is 32.2. The largest absolute Gasteiger partial charge is 0.423 e. The second-order valence-corrected chi connectivity index (χ2v) is 7.59. The third kappa shape index (κ3) is 4.14. The standard InChI is InChI=1S/C17H14F5NO4S/c18-15(19)28(26,27)13-9-5-4-8-12(13)14(24)23-10-16(25,17(20,21)22)11-6-2-1-3-7-11/h1-9,15,25H,10H2,(H,23,24)/t16-/m1/s1. The summed E-state index contributed by atoms with van der Waals surface area (Å²) >= 11 is 0. The van der Waals surface area contributed by atoms with Crippen molar-refractivity contribution < 1.29 is 40.3 Å². The summed E-state index contributed by atoms with van der Waals surface area (Å²) in [5.74, 6) is -5.18. The Morgan fingerprint density at radius 1 is 1.00 bits per heavy atom. The number of amides is 1. The lowest BCUT2D eigenvalue weighted by molar-refractivity contribution is -0.263. The van der Waals surface area contributed by atoms with Gasteiger partial charge in [0.1, 0.15) is 0 Å². The van der Waals surface area contributed by atoms with Crippen molar-refractivity contribution in [2.24, 2.45) is 0 Å². The van der Waals surface area contributed by atoms with E-state index in [0.29, 0.717) is 0 Å². The topological polar surface area (TPSA) is 83.5 Å². The molecule has 11 heteroatoms. The zero-order valence-electron chi connectivity index (χ0n) is 14.0. The molecule has 0 heterocycles. The van der Waals surface area contributed by atoms with Gasteiger partial charge in [-0.25, -0.2) is 8.42 Å². The Bertz CT molecular complexity index is 948. The van der Waals surface area contributed by atoms with Crippen molar-refractivity contribution in [1.29, 1.82) is 0 Å². The molecule has 2 rings (SSSR count). The molecule has 5 nitrogen and oxygen atoms in total. The number of hydrogen-bond acceptors (Lipinski definition) is 4. The normalized spacial score (nSPS) is 14.5. The SMILES string of the molecule is O=C(NC[C@@](O)(c1ccccc1)C(F)(F)F)c1ccccc1S(=O)(=O)C(F)F. The number of rotatable bonds is 6. The van der Waals surface area contributed by atoms with Crippen LogP contribution in [0.1, 0.15) is 15.9 Å². The van der Waals surface area contributed by atoms with Crippen LogP contribution in [-0.4, -0.2) is 37.9 Å². The summed E-state index contributed by atoms with van der Waals surface area (Å²) in [6, 6.07) is 9.77. The molecule has 0 spiro atoms. The Kier molecular flexibility index (Phi) is 6.09. The van der Waals surface area contributed by atoms with Gasteiger partial charge in [0.2, 0.25) is 15.4 Å². The Morgan fingerprint density at radius 3 is 2.07 bits per heavy atom. The molecule has 0 radical (unpaired) electrons. The minimum Gasteiger partial charge on any atom is -0.375 e. The van der Waals surface area contributed by atoms with Crippen LogP contribution in [0.2, 0.25) is 0 Å². The van der Waals surface area contributed by atoms with E-state index in [1.54, 1.807) is 5.32 Å². The first-order valence-electron chi connectivity index (χ1n) is 7.65. The molecule has 0 unspecified atom stereocenters. The summed E-state index contributed by atoms with van der Waals surface area (Å²) in [6.07, 6.45) is -5.18. The van der Waals surface area contributed by atoms with Crippen LogP contribution in [-0.2, 0) is 15.4 Å². The van der Waals surface area contributed by atoms with Crippen LogP contribution in [0.25, 0.3) is 0 Å². The van der Waals surface area contributed by atoms with Crippen molar-refractivity contribution >= 4 is 15.7 Å². The molecular formula is C17H14F5NO4S. The van der Waals surface area contributed by atoms with Gasteiger partial charge in [-0.3, -0.25) is 4.79 Å². The maximum Gasteiger partial charge on any atom is 0.423 e. The molecule has 1 atom stereocenters. The molecule has 0 saturated carbocycles. The van der Waals surface area contributed by atoms with Crippen LogP contribution < -0.4 is 5.32 Å². The fourth-order valence-electron chi connectivity index (χ4n) is 2.38. The third-order valence-corrected chi connectivity index (χ3v) is 5.34. The van der Waals surface area contributed by atoms with Crippen LogP contribution >= 0.6 is 0 Å². The van der Waals surface area contributed by atoms with E-state index in [-0.39, 0.29) is 0 Å². The fraction of sp³-hybridized carbons (Fsp3) is 0.235. The Hall–Kier alpha value is -2.53. The van der Waals surface area contributed by atoms with E-state index in [1.165, 1.54) is 18.2 Å². The van der Waals surface area contributed by atoms with Crippen molar-refractivity contribution in [2.75, 3.05) is 6.54 Å².